The number of benzene rings is 2. The molecule has 1 saturated carbocycles. The molecule has 3 rings (SSSR count). The maximum Gasteiger partial charge on any atom is 0.309 e. The molecule has 1 atom stereocenters. The van der Waals surface area contributed by atoms with E-state index in [2.05, 4.69) is 53.8 Å². The normalized spacial score (nSPS) is 23.6. The van der Waals surface area contributed by atoms with E-state index in [1.165, 1.54) is 11.1 Å². The van der Waals surface area contributed by atoms with Crippen LogP contribution in [0.1, 0.15) is 37.3 Å². The Hall–Kier alpha value is -2.13. The van der Waals surface area contributed by atoms with Gasteiger partial charge >= 0.3 is 5.97 Å². The molecule has 0 heterocycles. The van der Waals surface area contributed by atoms with Gasteiger partial charge in [-0.25, -0.2) is 0 Å². The van der Waals surface area contributed by atoms with Gasteiger partial charge in [0.05, 0.1) is 5.41 Å². The number of rotatable bonds is 8. The Kier molecular flexibility index (Phi) is 5.54. The molecule has 0 aromatic heterocycles. The first kappa shape index (κ1) is 17.7. The summed E-state index contributed by atoms with van der Waals surface area (Å²) in [6.45, 7) is 1.85. The first-order chi connectivity index (χ1) is 12.0. The number of hydrogen-bond acceptors (Lipinski definition) is 2. The number of carboxylic acid groups (broad SMARTS) is 1. The van der Waals surface area contributed by atoms with Crippen LogP contribution in [0.4, 0.5) is 0 Å². The highest BCUT2D eigenvalue weighted by atomic mass is 16.4. The van der Waals surface area contributed by atoms with Gasteiger partial charge in [-0.1, -0.05) is 60.7 Å². The van der Waals surface area contributed by atoms with Crippen molar-refractivity contribution in [2.24, 2.45) is 5.41 Å². The smallest absolute Gasteiger partial charge is 0.309 e. The minimum Gasteiger partial charge on any atom is -0.481 e. The van der Waals surface area contributed by atoms with Gasteiger partial charge in [0, 0.05) is 12.1 Å². The maximum atomic E-state index is 11.3. The fraction of sp³-hybridized carbons (Fsp3) is 0.409. The Morgan fingerprint density at radius 1 is 1.08 bits per heavy atom. The van der Waals surface area contributed by atoms with Crippen molar-refractivity contribution in [3.63, 3.8) is 0 Å². The summed E-state index contributed by atoms with van der Waals surface area (Å²) in [5, 5.41) is 13.0. The van der Waals surface area contributed by atoms with Gasteiger partial charge in [-0.05, 0) is 50.2 Å². The summed E-state index contributed by atoms with van der Waals surface area (Å²) in [5.74, 6) is -0.672. The highest BCUT2D eigenvalue weighted by Gasteiger charge is 2.46. The van der Waals surface area contributed by atoms with Crippen molar-refractivity contribution >= 4 is 5.97 Å². The van der Waals surface area contributed by atoms with E-state index in [1.54, 1.807) is 0 Å². The van der Waals surface area contributed by atoms with Crippen LogP contribution < -0.4 is 5.32 Å². The van der Waals surface area contributed by atoms with E-state index in [0.29, 0.717) is 12.1 Å². The summed E-state index contributed by atoms with van der Waals surface area (Å²) in [6, 6.07) is 21.8. The third-order valence-electron chi connectivity index (χ3n) is 5.33. The molecule has 3 heteroatoms. The molecule has 25 heavy (non-hydrogen) atoms. The molecular weight excluding hydrogens is 310 g/mol. The number of carbonyl (C=O) groups is 1. The third kappa shape index (κ3) is 4.70. The van der Waals surface area contributed by atoms with E-state index in [1.807, 2.05) is 19.1 Å². The van der Waals surface area contributed by atoms with Crippen molar-refractivity contribution in [1.29, 1.82) is 0 Å². The fourth-order valence-corrected chi connectivity index (χ4v) is 3.78. The van der Waals surface area contributed by atoms with Crippen molar-refractivity contribution in [2.45, 2.75) is 51.1 Å². The second kappa shape index (κ2) is 7.83. The van der Waals surface area contributed by atoms with Gasteiger partial charge in [-0.15, -0.1) is 0 Å². The SMILES string of the molecule is CC1(C(=O)O)CC(NC(CCc2ccccc2)Cc2ccccc2)C1. The summed E-state index contributed by atoms with van der Waals surface area (Å²) in [4.78, 5) is 11.3. The van der Waals surface area contributed by atoms with Crippen LogP contribution in [0.15, 0.2) is 60.7 Å². The average molecular weight is 337 g/mol. The molecule has 0 amide bonds. The van der Waals surface area contributed by atoms with Gasteiger partial charge < -0.3 is 10.4 Å². The molecular formula is C22H27NO2. The second-order valence-corrected chi connectivity index (χ2v) is 7.55. The van der Waals surface area contributed by atoms with Gasteiger partial charge in [-0.3, -0.25) is 4.79 Å². The zero-order valence-corrected chi connectivity index (χ0v) is 14.8. The minimum atomic E-state index is -0.672. The zero-order chi connectivity index (χ0) is 17.7. The van der Waals surface area contributed by atoms with E-state index >= 15 is 0 Å². The number of hydrogen-bond donors (Lipinski definition) is 2. The van der Waals surface area contributed by atoms with Gasteiger partial charge in [0.25, 0.3) is 0 Å². The molecule has 2 N–H and O–H groups in total. The van der Waals surface area contributed by atoms with Crippen LogP contribution in [-0.2, 0) is 17.6 Å². The molecule has 0 saturated heterocycles. The van der Waals surface area contributed by atoms with Crippen LogP contribution in [0.2, 0.25) is 0 Å². The molecule has 1 aliphatic rings. The van der Waals surface area contributed by atoms with Crippen molar-refractivity contribution < 1.29 is 9.90 Å². The highest BCUT2D eigenvalue weighted by Crippen LogP contribution is 2.41. The molecule has 1 fully saturated rings. The number of carboxylic acids is 1. The monoisotopic (exact) mass is 337 g/mol. The molecule has 1 unspecified atom stereocenters. The maximum absolute atomic E-state index is 11.3. The number of nitrogens with one attached hydrogen (secondary N) is 1. The van der Waals surface area contributed by atoms with E-state index in [0.717, 1.165) is 32.1 Å². The first-order valence-corrected chi connectivity index (χ1v) is 9.12. The van der Waals surface area contributed by atoms with Crippen molar-refractivity contribution in [3.05, 3.63) is 71.8 Å². The molecule has 0 radical (unpaired) electrons. The van der Waals surface area contributed by atoms with E-state index in [-0.39, 0.29) is 0 Å². The Morgan fingerprint density at radius 2 is 1.64 bits per heavy atom. The molecule has 2 aromatic rings. The molecule has 0 spiro atoms. The lowest BCUT2D eigenvalue weighted by Crippen LogP contribution is -2.54. The molecule has 1 aliphatic carbocycles. The van der Waals surface area contributed by atoms with Crippen LogP contribution in [-0.4, -0.2) is 23.2 Å². The summed E-state index contributed by atoms with van der Waals surface area (Å²) in [5.41, 5.74) is 2.13. The standard InChI is InChI=1S/C22H27NO2/c1-22(21(24)25)15-20(16-22)23-19(14-18-10-6-3-7-11-18)13-12-17-8-4-2-5-9-17/h2-11,19-20,23H,12-16H2,1H3,(H,24,25). The molecule has 2 aromatic carbocycles. The Balaban J connectivity index is 1.59. The van der Waals surface area contributed by atoms with Crippen LogP contribution in [0.25, 0.3) is 0 Å². The average Bonchev–Trinajstić information content (AvgIpc) is 2.59. The summed E-state index contributed by atoms with van der Waals surface area (Å²) in [7, 11) is 0. The highest BCUT2D eigenvalue weighted by molar-refractivity contribution is 5.75. The van der Waals surface area contributed by atoms with Crippen LogP contribution in [0.5, 0.6) is 0 Å². The zero-order valence-electron chi connectivity index (χ0n) is 14.8. The summed E-state index contributed by atoms with van der Waals surface area (Å²) < 4.78 is 0. The van der Waals surface area contributed by atoms with E-state index in [4.69, 9.17) is 0 Å². The second-order valence-electron chi connectivity index (χ2n) is 7.55. The Labute approximate surface area is 150 Å². The van der Waals surface area contributed by atoms with E-state index < -0.39 is 11.4 Å². The predicted octanol–water partition coefficient (Wildman–Crippen LogP) is 4.07. The summed E-state index contributed by atoms with van der Waals surface area (Å²) >= 11 is 0. The Morgan fingerprint density at radius 3 is 2.20 bits per heavy atom. The quantitative estimate of drug-likeness (QED) is 0.763. The number of aryl methyl sites for hydroxylation is 1. The van der Waals surface area contributed by atoms with Gasteiger partial charge in [0.15, 0.2) is 0 Å². The van der Waals surface area contributed by atoms with Crippen molar-refractivity contribution in [3.8, 4) is 0 Å². The van der Waals surface area contributed by atoms with Gasteiger partial charge in [0.2, 0.25) is 0 Å². The van der Waals surface area contributed by atoms with Crippen LogP contribution in [0.3, 0.4) is 0 Å². The minimum absolute atomic E-state index is 0.311. The van der Waals surface area contributed by atoms with Gasteiger partial charge in [0.1, 0.15) is 0 Å². The van der Waals surface area contributed by atoms with E-state index in [9.17, 15) is 9.90 Å². The lowest BCUT2D eigenvalue weighted by molar-refractivity contribution is -0.154. The molecule has 132 valence electrons. The fourth-order valence-electron chi connectivity index (χ4n) is 3.78. The topological polar surface area (TPSA) is 49.3 Å². The largest absolute Gasteiger partial charge is 0.481 e. The molecule has 0 bridgehead atoms. The van der Waals surface area contributed by atoms with Crippen LogP contribution in [0, 0.1) is 5.41 Å². The molecule has 3 nitrogen and oxygen atoms in total. The molecule has 0 aliphatic heterocycles. The lowest BCUT2D eigenvalue weighted by atomic mass is 9.66. The lowest BCUT2D eigenvalue weighted by Gasteiger charge is -2.44. The summed E-state index contributed by atoms with van der Waals surface area (Å²) in [6.07, 6.45) is 4.51. The van der Waals surface area contributed by atoms with Gasteiger partial charge in [-0.2, -0.15) is 0 Å². The third-order valence-corrected chi connectivity index (χ3v) is 5.33. The Bertz CT molecular complexity index is 678. The first-order valence-electron chi connectivity index (χ1n) is 9.12. The van der Waals surface area contributed by atoms with Crippen LogP contribution >= 0.6 is 0 Å². The number of aliphatic carboxylic acids is 1. The van der Waals surface area contributed by atoms with Crippen molar-refractivity contribution in [2.75, 3.05) is 0 Å². The van der Waals surface area contributed by atoms with Crippen molar-refractivity contribution in [1.82, 2.24) is 5.32 Å². The predicted molar refractivity (Wildman–Crippen MR) is 101 cm³/mol.